The van der Waals surface area contributed by atoms with Gasteiger partial charge in [0.05, 0.1) is 4.88 Å². The fraction of sp³-hybridized carbons (Fsp3) is 0.185. The van der Waals surface area contributed by atoms with E-state index >= 15 is 0 Å². The molecule has 0 saturated carbocycles. The van der Waals surface area contributed by atoms with E-state index in [1.54, 1.807) is 6.07 Å². The minimum atomic E-state index is -1.06. The first kappa shape index (κ1) is 22.6. The molecule has 0 radical (unpaired) electrons. The van der Waals surface area contributed by atoms with Crippen LogP contribution in [0.2, 0.25) is 0 Å². The normalized spacial score (nSPS) is 13.8. The summed E-state index contributed by atoms with van der Waals surface area (Å²) in [5.74, 6) is -0.652. The minimum absolute atomic E-state index is 0.230. The molecule has 168 valence electrons. The van der Waals surface area contributed by atoms with Gasteiger partial charge >= 0.3 is 5.97 Å². The Balaban J connectivity index is 1.37. The van der Waals surface area contributed by atoms with Gasteiger partial charge in [-0.25, -0.2) is 4.79 Å². The van der Waals surface area contributed by atoms with Crippen molar-refractivity contribution in [3.63, 3.8) is 0 Å². The molecule has 2 N–H and O–H groups in total. The lowest BCUT2D eigenvalue weighted by Gasteiger charge is -2.14. The second-order valence-electron chi connectivity index (χ2n) is 7.79. The van der Waals surface area contributed by atoms with Crippen molar-refractivity contribution in [3.8, 4) is 16.2 Å². The van der Waals surface area contributed by atoms with E-state index < -0.39 is 12.0 Å². The topological polar surface area (TPSA) is 75.6 Å². The number of aliphatic carboxylic acids is 1. The lowest BCUT2D eigenvalue weighted by Crippen LogP contribution is -2.42. The van der Waals surface area contributed by atoms with Gasteiger partial charge in [-0.2, -0.15) is 0 Å². The number of carbonyl (C=O) groups excluding carboxylic acids is 1. The highest BCUT2D eigenvalue weighted by Gasteiger charge is 2.22. The Bertz CT molecular complexity index is 1160. The quantitative estimate of drug-likeness (QED) is 0.443. The summed E-state index contributed by atoms with van der Waals surface area (Å²) in [4.78, 5) is 25.7. The van der Waals surface area contributed by atoms with Crippen LogP contribution in [-0.2, 0) is 11.2 Å². The highest BCUT2D eigenvalue weighted by Crippen LogP contribution is 2.30. The summed E-state index contributed by atoms with van der Waals surface area (Å²) in [6, 6.07) is 19.6. The number of carboxylic acid groups (broad SMARTS) is 1. The number of nitrogens with one attached hydrogen (secondary N) is 1. The molecule has 3 aromatic rings. The molecule has 5 nitrogen and oxygen atoms in total. The van der Waals surface area contributed by atoms with Gasteiger partial charge in [-0.3, -0.25) is 4.79 Å². The van der Waals surface area contributed by atoms with Crippen molar-refractivity contribution in [1.82, 2.24) is 5.32 Å². The fourth-order valence-electron chi connectivity index (χ4n) is 3.55. The molecule has 2 aromatic carbocycles. The predicted octanol–water partition coefficient (Wildman–Crippen LogP) is 5.50. The number of hydrogen-bond donors (Lipinski definition) is 2. The van der Waals surface area contributed by atoms with Gasteiger partial charge in [0.25, 0.3) is 5.91 Å². The molecule has 1 heterocycles. The van der Waals surface area contributed by atoms with Crippen LogP contribution in [0.3, 0.4) is 0 Å². The third-order valence-electron chi connectivity index (χ3n) is 5.33. The molecule has 1 atom stereocenters. The van der Waals surface area contributed by atoms with E-state index in [4.69, 9.17) is 4.74 Å². The number of amides is 1. The Kier molecular flexibility index (Phi) is 7.37. The molecule has 0 saturated heterocycles. The van der Waals surface area contributed by atoms with Gasteiger partial charge < -0.3 is 15.2 Å². The number of thiophene rings is 1. The molecule has 1 aliphatic carbocycles. The monoisotopic (exact) mass is 459 g/mol. The minimum Gasteiger partial charge on any atom is -0.489 e. The summed E-state index contributed by atoms with van der Waals surface area (Å²) in [5, 5.41) is 12.2. The van der Waals surface area contributed by atoms with Crippen molar-refractivity contribution in [3.05, 3.63) is 101 Å². The standard InChI is InChI=1S/C27H25NO4S/c29-26(28-23(27(30)31)17-19-7-3-1-4-8-19)25-16-15-24(33-25)21-11-13-22(14-12-21)32-18-20-9-5-2-6-10-20/h1,3-5,7-16,23H,2,6,17-18H2,(H,28,29)(H,30,31). The molecular formula is C27H25NO4S. The first-order chi connectivity index (χ1) is 16.1. The predicted molar refractivity (Wildman–Crippen MR) is 131 cm³/mol. The van der Waals surface area contributed by atoms with Crippen molar-refractivity contribution in [1.29, 1.82) is 0 Å². The Hall–Kier alpha value is -3.64. The van der Waals surface area contributed by atoms with Crippen LogP contribution >= 0.6 is 11.3 Å². The van der Waals surface area contributed by atoms with E-state index in [1.807, 2.05) is 60.7 Å². The van der Waals surface area contributed by atoms with Crippen molar-refractivity contribution >= 4 is 23.2 Å². The maximum atomic E-state index is 12.7. The molecule has 1 aromatic heterocycles. The highest BCUT2D eigenvalue weighted by molar-refractivity contribution is 7.17. The van der Waals surface area contributed by atoms with Gasteiger partial charge in [-0.1, -0.05) is 48.6 Å². The fourth-order valence-corrected chi connectivity index (χ4v) is 4.47. The van der Waals surface area contributed by atoms with Crippen LogP contribution in [0.5, 0.6) is 5.75 Å². The van der Waals surface area contributed by atoms with Crippen molar-refractivity contribution in [2.24, 2.45) is 0 Å². The second-order valence-corrected chi connectivity index (χ2v) is 8.87. The van der Waals surface area contributed by atoms with Gasteiger partial charge in [-0.05, 0) is 65.9 Å². The molecule has 0 spiro atoms. The van der Waals surface area contributed by atoms with Gasteiger partial charge in [0.15, 0.2) is 0 Å². The van der Waals surface area contributed by atoms with Crippen molar-refractivity contribution in [2.75, 3.05) is 6.61 Å². The third-order valence-corrected chi connectivity index (χ3v) is 6.47. The van der Waals surface area contributed by atoms with E-state index in [9.17, 15) is 14.7 Å². The molecule has 0 bridgehead atoms. The lowest BCUT2D eigenvalue weighted by atomic mass is 10.1. The SMILES string of the molecule is O=C(NC(Cc1ccccc1)C(=O)O)c1ccc(-c2ccc(OCC3=CCCC=C3)cc2)s1. The van der Waals surface area contributed by atoms with Crippen molar-refractivity contribution < 1.29 is 19.4 Å². The number of hydrogen-bond acceptors (Lipinski definition) is 4. The number of rotatable bonds is 9. The molecule has 0 aliphatic heterocycles. The van der Waals surface area contributed by atoms with Crippen LogP contribution in [0.4, 0.5) is 0 Å². The first-order valence-electron chi connectivity index (χ1n) is 10.8. The van der Waals surface area contributed by atoms with E-state index in [2.05, 4.69) is 23.5 Å². The largest absolute Gasteiger partial charge is 0.489 e. The summed E-state index contributed by atoms with van der Waals surface area (Å²) in [5.41, 5.74) is 3.02. The van der Waals surface area contributed by atoms with E-state index in [-0.39, 0.29) is 12.3 Å². The number of carbonyl (C=O) groups is 2. The Morgan fingerprint density at radius 1 is 1.00 bits per heavy atom. The molecule has 4 rings (SSSR count). The van der Waals surface area contributed by atoms with Gasteiger partial charge in [0.1, 0.15) is 18.4 Å². The number of benzene rings is 2. The van der Waals surface area contributed by atoms with Gasteiger partial charge in [0, 0.05) is 11.3 Å². The van der Waals surface area contributed by atoms with Crippen LogP contribution in [0.1, 0.15) is 28.1 Å². The number of carboxylic acids is 1. The van der Waals surface area contributed by atoms with Crippen molar-refractivity contribution in [2.45, 2.75) is 25.3 Å². The zero-order chi connectivity index (χ0) is 23.0. The summed E-state index contributed by atoms with van der Waals surface area (Å²) in [6.45, 7) is 0.549. The van der Waals surface area contributed by atoms with Gasteiger partial charge in [0.2, 0.25) is 0 Å². The Morgan fingerprint density at radius 2 is 1.79 bits per heavy atom. The highest BCUT2D eigenvalue weighted by atomic mass is 32.1. The van der Waals surface area contributed by atoms with E-state index in [0.29, 0.717) is 11.5 Å². The Morgan fingerprint density at radius 3 is 2.48 bits per heavy atom. The smallest absolute Gasteiger partial charge is 0.326 e. The molecule has 0 fully saturated rings. The average Bonchev–Trinajstić information content (AvgIpc) is 3.34. The number of ether oxygens (including phenoxy) is 1. The van der Waals surface area contributed by atoms with Crippen LogP contribution in [0, 0.1) is 0 Å². The maximum Gasteiger partial charge on any atom is 0.326 e. The summed E-state index contributed by atoms with van der Waals surface area (Å²) < 4.78 is 5.86. The summed E-state index contributed by atoms with van der Waals surface area (Å²) >= 11 is 1.33. The molecule has 33 heavy (non-hydrogen) atoms. The second kappa shape index (κ2) is 10.8. The molecule has 1 amide bonds. The lowest BCUT2D eigenvalue weighted by molar-refractivity contribution is -0.139. The van der Waals surface area contributed by atoms with Crippen LogP contribution in [0.25, 0.3) is 10.4 Å². The van der Waals surface area contributed by atoms with Crippen LogP contribution < -0.4 is 10.1 Å². The number of allylic oxidation sites excluding steroid dienone is 2. The third kappa shape index (κ3) is 6.20. The molecule has 1 aliphatic rings. The van der Waals surface area contributed by atoms with E-state index in [0.717, 1.165) is 34.6 Å². The summed E-state index contributed by atoms with van der Waals surface area (Å²) in [6.07, 6.45) is 8.83. The zero-order valence-corrected chi connectivity index (χ0v) is 18.9. The van der Waals surface area contributed by atoms with Crippen LogP contribution in [0.15, 0.2) is 90.5 Å². The first-order valence-corrected chi connectivity index (χ1v) is 11.7. The average molecular weight is 460 g/mol. The van der Waals surface area contributed by atoms with Crippen LogP contribution in [-0.4, -0.2) is 29.6 Å². The summed E-state index contributed by atoms with van der Waals surface area (Å²) in [7, 11) is 0. The molecule has 6 heteroatoms. The molecule has 1 unspecified atom stereocenters. The molecular weight excluding hydrogens is 434 g/mol. The van der Waals surface area contributed by atoms with E-state index in [1.165, 1.54) is 16.9 Å². The Labute approximate surface area is 197 Å². The van der Waals surface area contributed by atoms with Gasteiger partial charge in [-0.15, -0.1) is 11.3 Å². The maximum absolute atomic E-state index is 12.7. The zero-order valence-electron chi connectivity index (χ0n) is 18.1.